The van der Waals surface area contributed by atoms with E-state index < -0.39 is 0 Å². The Morgan fingerprint density at radius 2 is 1.67 bits per heavy atom. The summed E-state index contributed by atoms with van der Waals surface area (Å²) < 4.78 is 20.3. The third-order valence-corrected chi connectivity index (χ3v) is 3.60. The van der Waals surface area contributed by atoms with Gasteiger partial charge in [-0.2, -0.15) is 0 Å². The van der Waals surface area contributed by atoms with Gasteiger partial charge in [0.15, 0.2) is 0 Å². The van der Waals surface area contributed by atoms with Crippen molar-refractivity contribution in [2.75, 3.05) is 0 Å². The fourth-order valence-corrected chi connectivity index (χ4v) is 2.28. The van der Waals surface area contributed by atoms with Gasteiger partial charge in [0.25, 0.3) is 5.91 Å². The smallest absolute Gasteiger partial charge is 0.268 e. The van der Waals surface area contributed by atoms with Crippen LogP contribution in [0.5, 0.6) is 11.5 Å². The summed E-state index contributed by atoms with van der Waals surface area (Å²) >= 11 is 0. The molecule has 24 heavy (non-hydrogen) atoms. The van der Waals surface area contributed by atoms with E-state index in [0.717, 1.165) is 5.56 Å². The molecule has 0 atom stereocenters. The zero-order valence-electron chi connectivity index (χ0n) is 13.2. The standard InChI is InChI=1S/C19H17FN2O2/c1-22-12-2-3-18(22)19(23)21-13-14-4-8-16(9-5-14)24-17-10-6-15(20)7-11-17/h2-12H,13H2,1H3,(H,21,23). The van der Waals surface area contributed by atoms with Gasteiger partial charge in [-0.05, 0) is 54.1 Å². The lowest BCUT2D eigenvalue weighted by atomic mass is 10.2. The van der Waals surface area contributed by atoms with Crippen LogP contribution in [0.1, 0.15) is 16.1 Å². The zero-order chi connectivity index (χ0) is 16.9. The topological polar surface area (TPSA) is 43.3 Å². The summed E-state index contributed by atoms with van der Waals surface area (Å²) in [7, 11) is 1.83. The number of aromatic nitrogens is 1. The van der Waals surface area contributed by atoms with Crippen molar-refractivity contribution in [1.29, 1.82) is 0 Å². The molecule has 4 nitrogen and oxygen atoms in total. The van der Waals surface area contributed by atoms with Crippen LogP contribution < -0.4 is 10.1 Å². The van der Waals surface area contributed by atoms with Gasteiger partial charge < -0.3 is 14.6 Å². The van der Waals surface area contributed by atoms with E-state index in [0.29, 0.717) is 23.7 Å². The van der Waals surface area contributed by atoms with Crippen LogP contribution >= 0.6 is 0 Å². The molecule has 0 fully saturated rings. The summed E-state index contributed by atoms with van der Waals surface area (Å²) in [6.07, 6.45) is 1.83. The lowest BCUT2D eigenvalue weighted by Crippen LogP contribution is -2.24. The Kier molecular flexibility index (Phi) is 4.61. The van der Waals surface area contributed by atoms with Gasteiger partial charge in [0.05, 0.1) is 0 Å². The highest BCUT2D eigenvalue weighted by atomic mass is 19.1. The number of nitrogens with zero attached hydrogens (tertiary/aromatic N) is 1. The monoisotopic (exact) mass is 324 g/mol. The summed E-state index contributed by atoms with van der Waals surface area (Å²) in [6, 6.07) is 16.8. The van der Waals surface area contributed by atoms with Gasteiger partial charge in [-0.3, -0.25) is 4.79 Å². The highest BCUT2D eigenvalue weighted by molar-refractivity contribution is 5.92. The number of hydrogen-bond donors (Lipinski definition) is 1. The van der Waals surface area contributed by atoms with Gasteiger partial charge in [-0.1, -0.05) is 12.1 Å². The zero-order valence-corrected chi connectivity index (χ0v) is 13.2. The number of carbonyl (C=O) groups is 1. The molecule has 3 aromatic rings. The summed E-state index contributed by atoms with van der Waals surface area (Å²) in [5, 5.41) is 2.88. The number of benzene rings is 2. The van der Waals surface area contributed by atoms with E-state index in [1.165, 1.54) is 12.1 Å². The summed E-state index contributed by atoms with van der Waals surface area (Å²) in [5.74, 6) is 0.807. The van der Waals surface area contributed by atoms with Crippen molar-refractivity contribution in [3.05, 3.63) is 83.9 Å². The molecule has 5 heteroatoms. The van der Waals surface area contributed by atoms with E-state index >= 15 is 0 Å². The fraction of sp³-hybridized carbons (Fsp3) is 0.105. The number of halogens is 1. The fourth-order valence-electron chi connectivity index (χ4n) is 2.28. The Labute approximate surface area is 139 Å². The van der Waals surface area contributed by atoms with Crippen molar-refractivity contribution < 1.29 is 13.9 Å². The molecule has 1 N–H and O–H groups in total. The Morgan fingerprint density at radius 1 is 1.04 bits per heavy atom. The number of amides is 1. The van der Waals surface area contributed by atoms with Crippen LogP contribution in [0.25, 0.3) is 0 Å². The van der Waals surface area contributed by atoms with Crippen LogP contribution in [-0.4, -0.2) is 10.5 Å². The van der Waals surface area contributed by atoms with Crippen molar-refractivity contribution in [1.82, 2.24) is 9.88 Å². The summed E-state index contributed by atoms with van der Waals surface area (Å²) in [6.45, 7) is 0.431. The molecule has 0 bridgehead atoms. The van der Waals surface area contributed by atoms with Crippen molar-refractivity contribution in [2.24, 2.45) is 7.05 Å². The molecule has 1 heterocycles. The molecule has 0 saturated heterocycles. The molecular weight excluding hydrogens is 307 g/mol. The van der Waals surface area contributed by atoms with Crippen LogP contribution in [0.2, 0.25) is 0 Å². The first-order valence-electron chi connectivity index (χ1n) is 7.54. The third kappa shape index (κ3) is 3.81. The number of carbonyl (C=O) groups excluding carboxylic acids is 1. The Hall–Kier alpha value is -3.08. The first kappa shape index (κ1) is 15.8. The number of ether oxygens (including phenoxy) is 1. The number of aryl methyl sites for hydroxylation is 1. The van der Waals surface area contributed by atoms with Gasteiger partial charge in [-0.15, -0.1) is 0 Å². The van der Waals surface area contributed by atoms with Gasteiger partial charge in [0.1, 0.15) is 23.0 Å². The second-order valence-corrected chi connectivity index (χ2v) is 5.39. The second-order valence-electron chi connectivity index (χ2n) is 5.39. The van der Waals surface area contributed by atoms with E-state index in [1.54, 1.807) is 22.8 Å². The minimum absolute atomic E-state index is 0.117. The summed E-state index contributed by atoms with van der Waals surface area (Å²) in [5.41, 5.74) is 1.58. The van der Waals surface area contributed by atoms with Crippen LogP contribution in [-0.2, 0) is 13.6 Å². The molecule has 3 rings (SSSR count). The predicted molar refractivity (Wildman–Crippen MR) is 89.5 cm³/mol. The largest absolute Gasteiger partial charge is 0.457 e. The minimum atomic E-state index is -0.299. The number of rotatable bonds is 5. The van der Waals surface area contributed by atoms with E-state index in [-0.39, 0.29) is 11.7 Å². The van der Waals surface area contributed by atoms with Crippen LogP contribution in [0, 0.1) is 5.82 Å². The second kappa shape index (κ2) is 7.00. The quantitative estimate of drug-likeness (QED) is 0.774. The first-order chi connectivity index (χ1) is 11.6. The number of nitrogens with one attached hydrogen (secondary N) is 1. The maximum Gasteiger partial charge on any atom is 0.268 e. The normalized spacial score (nSPS) is 10.4. The summed E-state index contributed by atoms with van der Waals surface area (Å²) in [4.78, 5) is 12.0. The van der Waals surface area contributed by atoms with E-state index in [2.05, 4.69) is 5.32 Å². The van der Waals surface area contributed by atoms with Crippen LogP contribution in [0.4, 0.5) is 4.39 Å². The highest BCUT2D eigenvalue weighted by Gasteiger charge is 2.08. The maximum absolute atomic E-state index is 12.9. The van der Waals surface area contributed by atoms with Crippen LogP contribution in [0.15, 0.2) is 66.9 Å². The molecule has 2 aromatic carbocycles. The molecule has 0 aliphatic carbocycles. The lowest BCUT2D eigenvalue weighted by Gasteiger charge is -2.08. The molecule has 1 aromatic heterocycles. The van der Waals surface area contributed by atoms with E-state index in [1.807, 2.05) is 43.6 Å². The maximum atomic E-state index is 12.9. The average Bonchev–Trinajstić information content (AvgIpc) is 3.02. The molecule has 0 unspecified atom stereocenters. The SMILES string of the molecule is Cn1cccc1C(=O)NCc1ccc(Oc2ccc(F)cc2)cc1. The predicted octanol–water partition coefficient (Wildman–Crippen LogP) is 3.89. The van der Waals surface area contributed by atoms with E-state index in [4.69, 9.17) is 4.74 Å². The molecule has 0 radical (unpaired) electrons. The average molecular weight is 324 g/mol. The number of hydrogen-bond acceptors (Lipinski definition) is 2. The minimum Gasteiger partial charge on any atom is -0.457 e. The molecule has 1 amide bonds. The Morgan fingerprint density at radius 3 is 2.25 bits per heavy atom. The van der Waals surface area contributed by atoms with Gasteiger partial charge in [0.2, 0.25) is 0 Å². The van der Waals surface area contributed by atoms with E-state index in [9.17, 15) is 9.18 Å². The molecule has 0 aliphatic heterocycles. The van der Waals surface area contributed by atoms with Crippen molar-refractivity contribution in [2.45, 2.75) is 6.54 Å². The third-order valence-electron chi connectivity index (χ3n) is 3.60. The van der Waals surface area contributed by atoms with Crippen molar-refractivity contribution in [3.63, 3.8) is 0 Å². The van der Waals surface area contributed by atoms with Crippen molar-refractivity contribution >= 4 is 5.91 Å². The van der Waals surface area contributed by atoms with Gasteiger partial charge in [0, 0.05) is 19.8 Å². The lowest BCUT2D eigenvalue weighted by molar-refractivity contribution is 0.0943. The molecule has 0 aliphatic rings. The molecule has 122 valence electrons. The Bertz CT molecular complexity index is 823. The molecule has 0 saturated carbocycles. The van der Waals surface area contributed by atoms with Crippen LogP contribution in [0.3, 0.4) is 0 Å². The highest BCUT2D eigenvalue weighted by Crippen LogP contribution is 2.21. The Balaban J connectivity index is 1.57. The van der Waals surface area contributed by atoms with Crippen molar-refractivity contribution in [3.8, 4) is 11.5 Å². The molecule has 0 spiro atoms. The molecular formula is C19H17FN2O2. The van der Waals surface area contributed by atoms with Gasteiger partial charge >= 0.3 is 0 Å². The first-order valence-corrected chi connectivity index (χ1v) is 7.54. The van der Waals surface area contributed by atoms with Gasteiger partial charge in [-0.25, -0.2) is 4.39 Å².